The van der Waals surface area contributed by atoms with Crippen LogP contribution < -0.4 is 4.74 Å². The molecule has 3 heteroatoms. The van der Waals surface area contributed by atoms with Crippen LogP contribution in [-0.2, 0) is 0 Å². The first-order valence-electron chi connectivity index (χ1n) is 2.64. The first-order chi connectivity index (χ1) is 4.83. The fraction of sp³-hybridized carbons (Fsp3) is 0. The normalized spacial score (nSPS) is 8.40. The van der Waals surface area contributed by atoms with Crippen LogP contribution in [0.2, 0.25) is 0 Å². The molecule has 0 radical (unpaired) electrons. The molecular formula is C7H4FNO. The second-order valence-electron chi connectivity index (χ2n) is 1.65. The van der Waals surface area contributed by atoms with Crippen LogP contribution in [0.3, 0.4) is 0 Å². The number of hydrogen-bond acceptors (Lipinski definition) is 2. The number of hydrogen-bond donors (Lipinski definition) is 0. The lowest BCUT2D eigenvalue weighted by molar-refractivity contribution is 0.504. The highest BCUT2D eigenvalue weighted by atomic mass is 19.1. The summed E-state index contributed by atoms with van der Waals surface area (Å²) in [4.78, 5) is 0. The molecule has 0 aliphatic carbocycles. The van der Waals surface area contributed by atoms with E-state index in [0.717, 1.165) is 0 Å². The van der Waals surface area contributed by atoms with Crippen LogP contribution in [0.15, 0.2) is 24.3 Å². The standard InChI is InChI=1S/C7H4FNO/c8-6-1-3-7(4-2-6)10-5-9/h1-4H. The number of ether oxygens (including phenoxy) is 1. The van der Waals surface area contributed by atoms with Gasteiger partial charge >= 0.3 is 0 Å². The van der Waals surface area contributed by atoms with Gasteiger partial charge in [-0.25, -0.2) is 4.39 Å². The van der Waals surface area contributed by atoms with Crippen molar-refractivity contribution in [1.29, 1.82) is 5.26 Å². The number of nitrogens with zero attached hydrogens (tertiary/aromatic N) is 1. The Morgan fingerprint density at radius 1 is 1.30 bits per heavy atom. The third-order valence-electron chi connectivity index (χ3n) is 0.977. The maximum Gasteiger partial charge on any atom is 0.292 e. The highest BCUT2D eigenvalue weighted by Gasteiger charge is 1.91. The van der Waals surface area contributed by atoms with Crippen LogP contribution in [0.25, 0.3) is 0 Å². The van der Waals surface area contributed by atoms with Gasteiger partial charge in [0.2, 0.25) is 0 Å². The molecule has 0 saturated carbocycles. The smallest absolute Gasteiger partial charge is 0.292 e. The van der Waals surface area contributed by atoms with Gasteiger partial charge in [0.05, 0.1) is 0 Å². The highest BCUT2D eigenvalue weighted by molar-refractivity contribution is 5.22. The minimum absolute atomic E-state index is 0.342. The van der Waals surface area contributed by atoms with E-state index in [2.05, 4.69) is 4.74 Å². The van der Waals surface area contributed by atoms with Crippen molar-refractivity contribution in [2.75, 3.05) is 0 Å². The van der Waals surface area contributed by atoms with E-state index in [-0.39, 0.29) is 5.82 Å². The second kappa shape index (κ2) is 2.83. The summed E-state index contributed by atoms with van der Waals surface area (Å²) in [6.45, 7) is 0. The number of benzene rings is 1. The van der Waals surface area contributed by atoms with E-state index in [0.29, 0.717) is 5.75 Å². The Labute approximate surface area is 57.5 Å². The SMILES string of the molecule is N#COc1ccc(F)cc1. The Morgan fingerprint density at radius 3 is 2.40 bits per heavy atom. The predicted molar refractivity (Wildman–Crippen MR) is 32.6 cm³/mol. The first kappa shape index (κ1) is 6.56. The molecule has 1 aromatic rings. The molecule has 0 heterocycles. The van der Waals surface area contributed by atoms with Gasteiger partial charge in [0, 0.05) is 0 Å². The molecule has 2 nitrogen and oxygen atoms in total. The largest absolute Gasteiger partial charge is 0.388 e. The summed E-state index contributed by atoms with van der Waals surface area (Å²) < 4.78 is 16.6. The fourth-order valence-electron chi connectivity index (χ4n) is 0.555. The van der Waals surface area contributed by atoms with Crippen LogP contribution >= 0.6 is 0 Å². The zero-order valence-electron chi connectivity index (χ0n) is 5.04. The minimum atomic E-state index is -0.342. The average molecular weight is 137 g/mol. The highest BCUT2D eigenvalue weighted by Crippen LogP contribution is 2.09. The Morgan fingerprint density at radius 2 is 1.90 bits per heavy atom. The van der Waals surface area contributed by atoms with Crippen molar-refractivity contribution in [2.24, 2.45) is 0 Å². The van der Waals surface area contributed by atoms with Gasteiger partial charge in [-0.1, -0.05) is 0 Å². The molecule has 0 amide bonds. The average Bonchev–Trinajstić information content (AvgIpc) is 1.95. The maximum atomic E-state index is 12.2. The molecule has 50 valence electrons. The Hall–Kier alpha value is -1.56. The monoisotopic (exact) mass is 137 g/mol. The van der Waals surface area contributed by atoms with E-state index in [4.69, 9.17) is 5.26 Å². The molecule has 1 rings (SSSR count). The van der Waals surface area contributed by atoms with E-state index in [9.17, 15) is 4.39 Å². The summed E-state index contributed by atoms with van der Waals surface area (Å²) in [7, 11) is 0. The lowest BCUT2D eigenvalue weighted by atomic mass is 10.3. The quantitative estimate of drug-likeness (QED) is 0.551. The summed E-state index contributed by atoms with van der Waals surface area (Å²) in [5.41, 5.74) is 0. The van der Waals surface area contributed by atoms with E-state index in [1.54, 1.807) is 0 Å². The molecule has 0 aliphatic rings. The van der Waals surface area contributed by atoms with Crippen LogP contribution in [0, 0.1) is 17.3 Å². The molecule has 0 bridgehead atoms. The molecule has 0 atom stereocenters. The number of halogens is 1. The zero-order valence-corrected chi connectivity index (χ0v) is 5.04. The van der Waals surface area contributed by atoms with Crippen molar-refractivity contribution >= 4 is 0 Å². The minimum Gasteiger partial charge on any atom is -0.388 e. The van der Waals surface area contributed by atoms with E-state index >= 15 is 0 Å². The summed E-state index contributed by atoms with van der Waals surface area (Å²) in [6, 6.07) is 5.23. The van der Waals surface area contributed by atoms with Crippen LogP contribution in [0.4, 0.5) is 4.39 Å². The fourth-order valence-corrected chi connectivity index (χ4v) is 0.555. The molecule has 0 N–H and O–H groups in total. The van der Waals surface area contributed by atoms with Crippen molar-refractivity contribution in [1.82, 2.24) is 0 Å². The van der Waals surface area contributed by atoms with E-state index in [1.807, 2.05) is 0 Å². The predicted octanol–water partition coefficient (Wildman–Crippen LogP) is 1.69. The van der Waals surface area contributed by atoms with Crippen molar-refractivity contribution in [2.45, 2.75) is 0 Å². The Kier molecular flexibility index (Phi) is 1.86. The van der Waals surface area contributed by atoms with Crippen molar-refractivity contribution in [3.63, 3.8) is 0 Å². The summed E-state index contributed by atoms with van der Waals surface area (Å²) in [6.07, 6.45) is 1.48. The topological polar surface area (TPSA) is 33.0 Å². The van der Waals surface area contributed by atoms with E-state index < -0.39 is 0 Å². The number of nitriles is 1. The third-order valence-corrected chi connectivity index (χ3v) is 0.977. The van der Waals surface area contributed by atoms with Crippen molar-refractivity contribution < 1.29 is 9.13 Å². The van der Waals surface area contributed by atoms with Gasteiger partial charge in [0.15, 0.2) is 0 Å². The second-order valence-corrected chi connectivity index (χ2v) is 1.65. The molecule has 0 aliphatic heterocycles. The van der Waals surface area contributed by atoms with Gasteiger partial charge < -0.3 is 4.74 Å². The molecule has 10 heavy (non-hydrogen) atoms. The van der Waals surface area contributed by atoms with Gasteiger partial charge in [0.25, 0.3) is 6.26 Å². The van der Waals surface area contributed by atoms with Crippen LogP contribution in [-0.4, -0.2) is 0 Å². The third kappa shape index (κ3) is 1.46. The van der Waals surface area contributed by atoms with Crippen LogP contribution in [0.5, 0.6) is 5.75 Å². The summed E-state index contributed by atoms with van der Waals surface area (Å²) >= 11 is 0. The molecular weight excluding hydrogens is 133 g/mol. The number of rotatable bonds is 1. The lowest BCUT2D eigenvalue weighted by Crippen LogP contribution is -1.80. The van der Waals surface area contributed by atoms with Gasteiger partial charge in [-0.05, 0) is 24.3 Å². The van der Waals surface area contributed by atoms with Gasteiger partial charge in [-0.15, -0.1) is 5.26 Å². The van der Waals surface area contributed by atoms with Crippen molar-refractivity contribution in [3.05, 3.63) is 30.1 Å². The molecule has 0 spiro atoms. The van der Waals surface area contributed by atoms with Gasteiger partial charge in [-0.3, -0.25) is 0 Å². The zero-order chi connectivity index (χ0) is 7.40. The van der Waals surface area contributed by atoms with E-state index in [1.165, 1.54) is 30.5 Å². The molecule has 0 fully saturated rings. The van der Waals surface area contributed by atoms with Gasteiger partial charge in [0.1, 0.15) is 11.6 Å². The first-order valence-corrected chi connectivity index (χ1v) is 2.64. The van der Waals surface area contributed by atoms with Crippen LogP contribution in [0.1, 0.15) is 0 Å². The maximum absolute atomic E-state index is 12.2. The Balaban J connectivity index is 2.81. The molecule has 0 unspecified atom stereocenters. The molecule has 0 aromatic heterocycles. The summed E-state index contributed by atoms with van der Waals surface area (Å²) in [5, 5.41) is 8.02. The lowest BCUT2D eigenvalue weighted by Gasteiger charge is -1.92. The van der Waals surface area contributed by atoms with Crippen molar-refractivity contribution in [3.8, 4) is 12.0 Å². The molecule has 1 aromatic carbocycles. The molecule has 0 saturated heterocycles. The summed E-state index contributed by atoms with van der Waals surface area (Å²) in [5.74, 6) is 0.00851. The Bertz CT molecular complexity index is 249. The van der Waals surface area contributed by atoms with Gasteiger partial charge in [-0.2, -0.15) is 0 Å².